The van der Waals surface area contributed by atoms with Gasteiger partial charge >= 0.3 is 0 Å². The fourth-order valence-electron chi connectivity index (χ4n) is 3.08. The van der Waals surface area contributed by atoms with Crippen LogP contribution in [0.25, 0.3) is 17.3 Å². The van der Waals surface area contributed by atoms with Crippen molar-refractivity contribution in [3.63, 3.8) is 0 Å². The van der Waals surface area contributed by atoms with Gasteiger partial charge in [-0.05, 0) is 18.2 Å². The second kappa shape index (κ2) is 6.66. The first kappa shape index (κ1) is 18.0. The average molecular weight is 393 g/mol. The largest absolute Gasteiger partial charge is 0.326 e. The van der Waals surface area contributed by atoms with Gasteiger partial charge in [-0.2, -0.15) is 17.6 Å². The molecular weight excluding hydrogens is 378 g/mol. The van der Waals surface area contributed by atoms with Crippen LogP contribution in [-0.4, -0.2) is 35.7 Å². The van der Waals surface area contributed by atoms with E-state index in [1.54, 1.807) is 48.5 Å². The van der Waals surface area contributed by atoms with E-state index in [0.717, 1.165) is 4.09 Å². The molecule has 1 aromatic heterocycles. The molecule has 0 fully saturated rings. The molecule has 4 rings (SSSR count). The van der Waals surface area contributed by atoms with E-state index in [0.29, 0.717) is 5.56 Å². The smallest absolute Gasteiger partial charge is 0.283 e. The molecule has 28 heavy (non-hydrogen) atoms. The SMILES string of the molecule is NCC1=Cc2c(c(-c3ccccc3)nn2S(=O)(=O)c2ccccc2)C(=O)C1=O. The van der Waals surface area contributed by atoms with Gasteiger partial charge in [0.2, 0.25) is 11.6 Å². The summed E-state index contributed by atoms with van der Waals surface area (Å²) in [5.74, 6) is -1.56. The van der Waals surface area contributed by atoms with Crippen molar-refractivity contribution >= 4 is 27.7 Å². The molecule has 0 saturated heterocycles. The molecule has 0 saturated carbocycles. The number of hydrogen-bond donors (Lipinski definition) is 1. The van der Waals surface area contributed by atoms with Crippen molar-refractivity contribution in [1.29, 1.82) is 0 Å². The number of nitrogens with two attached hydrogens (primary N) is 1. The number of benzene rings is 2. The van der Waals surface area contributed by atoms with Crippen molar-refractivity contribution in [2.75, 3.05) is 6.54 Å². The Morgan fingerprint density at radius 3 is 2.11 bits per heavy atom. The number of fused-ring (bicyclic) bond motifs is 1. The monoisotopic (exact) mass is 393 g/mol. The van der Waals surface area contributed by atoms with Crippen LogP contribution in [0.15, 0.2) is 71.1 Å². The number of Topliss-reactive ketones (excluding diaryl/α,β-unsaturated/α-hetero) is 2. The molecule has 1 heterocycles. The van der Waals surface area contributed by atoms with Crippen LogP contribution < -0.4 is 5.73 Å². The van der Waals surface area contributed by atoms with Gasteiger partial charge in [0.05, 0.1) is 16.2 Å². The van der Waals surface area contributed by atoms with Crippen LogP contribution in [0.3, 0.4) is 0 Å². The Balaban J connectivity index is 2.06. The Morgan fingerprint density at radius 1 is 0.893 bits per heavy atom. The third kappa shape index (κ3) is 2.70. The lowest BCUT2D eigenvalue weighted by atomic mass is 9.91. The molecule has 0 bridgehead atoms. The minimum atomic E-state index is -4.08. The van der Waals surface area contributed by atoms with Crippen molar-refractivity contribution in [1.82, 2.24) is 9.19 Å². The summed E-state index contributed by atoms with van der Waals surface area (Å²) in [6.45, 7) is -0.179. The summed E-state index contributed by atoms with van der Waals surface area (Å²) in [7, 11) is -4.08. The number of nitrogens with zero attached hydrogens (tertiary/aromatic N) is 2. The minimum Gasteiger partial charge on any atom is -0.326 e. The van der Waals surface area contributed by atoms with E-state index < -0.39 is 21.6 Å². The molecule has 140 valence electrons. The van der Waals surface area contributed by atoms with Crippen molar-refractivity contribution in [3.05, 3.63) is 77.5 Å². The number of carbonyl (C=O) groups excluding carboxylic acids is 2. The van der Waals surface area contributed by atoms with Crippen LogP contribution in [0.4, 0.5) is 0 Å². The predicted molar refractivity (Wildman–Crippen MR) is 103 cm³/mol. The standard InChI is InChI=1S/C20H15N3O4S/c21-12-14-11-16-17(20(25)19(14)24)18(13-7-3-1-4-8-13)22-23(16)28(26,27)15-9-5-2-6-10-15/h1-11H,12,21H2. The van der Waals surface area contributed by atoms with Gasteiger partial charge in [-0.1, -0.05) is 48.5 Å². The molecule has 0 spiro atoms. The summed E-state index contributed by atoms with van der Waals surface area (Å²) in [5, 5.41) is 4.23. The maximum atomic E-state index is 13.2. The highest BCUT2D eigenvalue weighted by molar-refractivity contribution is 7.89. The highest BCUT2D eigenvalue weighted by atomic mass is 32.2. The molecule has 0 amide bonds. The topological polar surface area (TPSA) is 112 Å². The quantitative estimate of drug-likeness (QED) is 0.678. The summed E-state index contributed by atoms with van der Waals surface area (Å²) in [6.07, 6.45) is 1.33. The van der Waals surface area contributed by atoms with Gasteiger partial charge < -0.3 is 5.73 Å². The van der Waals surface area contributed by atoms with Crippen LogP contribution in [0.1, 0.15) is 16.1 Å². The molecule has 2 aromatic carbocycles. The van der Waals surface area contributed by atoms with Crippen molar-refractivity contribution < 1.29 is 18.0 Å². The maximum absolute atomic E-state index is 13.2. The van der Waals surface area contributed by atoms with Crippen LogP contribution in [-0.2, 0) is 14.8 Å². The second-order valence-corrected chi connectivity index (χ2v) is 7.94. The number of carbonyl (C=O) groups is 2. The number of hydrogen-bond acceptors (Lipinski definition) is 6. The summed E-state index contributed by atoms with van der Waals surface area (Å²) in [5.41, 5.74) is 6.30. The van der Waals surface area contributed by atoms with Crippen molar-refractivity contribution in [2.45, 2.75) is 4.90 Å². The first-order valence-corrected chi connectivity index (χ1v) is 9.88. The molecular formula is C20H15N3O4S. The second-order valence-electron chi connectivity index (χ2n) is 6.17. The lowest BCUT2D eigenvalue weighted by Crippen LogP contribution is -2.27. The van der Waals surface area contributed by atoms with Gasteiger partial charge in [-0.15, -0.1) is 0 Å². The molecule has 8 heteroatoms. The molecule has 7 nitrogen and oxygen atoms in total. The zero-order valence-electron chi connectivity index (χ0n) is 14.6. The van der Waals surface area contributed by atoms with Gasteiger partial charge in [-0.3, -0.25) is 9.59 Å². The first-order valence-electron chi connectivity index (χ1n) is 8.44. The minimum absolute atomic E-state index is 0.0203. The van der Waals surface area contributed by atoms with Crippen LogP contribution in [0.5, 0.6) is 0 Å². The van der Waals surface area contributed by atoms with Crippen LogP contribution in [0.2, 0.25) is 0 Å². The molecule has 1 aliphatic rings. The summed E-state index contributed by atoms with van der Waals surface area (Å²) >= 11 is 0. The highest BCUT2D eigenvalue weighted by Gasteiger charge is 2.36. The molecule has 1 aliphatic carbocycles. The normalized spacial score (nSPS) is 14.0. The van der Waals surface area contributed by atoms with Gasteiger partial charge in [0.25, 0.3) is 10.0 Å². The molecule has 0 radical (unpaired) electrons. The van der Waals surface area contributed by atoms with E-state index in [2.05, 4.69) is 5.10 Å². The zero-order chi connectivity index (χ0) is 19.9. The Bertz CT molecular complexity index is 1230. The predicted octanol–water partition coefficient (Wildman–Crippen LogP) is 1.89. The Morgan fingerprint density at radius 2 is 1.50 bits per heavy atom. The fourth-order valence-corrected chi connectivity index (χ4v) is 4.37. The maximum Gasteiger partial charge on any atom is 0.283 e. The molecule has 2 N–H and O–H groups in total. The Labute approximate surface area is 161 Å². The molecule has 0 atom stereocenters. The van der Waals surface area contributed by atoms with Crippen LogP contribution in [0, 0.1) is 0 Å². The van der Waals surface area contributed by atoms with E-state index >= 15 is 0 Å². The van der Waals surface area contributed by atoms with E-state index in [-0.39, 0.29) is 34.0 Å². The lowest BCUT2D eigenvalue weighted by Gasteiger charge is -2.12. The molecule has 3 aromatic rings. The van der Waals surface area contributed by atoms with Gasteiger partial charge in [0.15, 0.2) is 0 Å². The summed E-state index contributed by atoms with van der Waals surface area (Å²) in [4.78, 5) is 25.1. The van der Waals surface area contributed by atoms with E-state index in [1.807, 2.05) is 0 Å². The zero-order valence-corrected chi connectivity index (χ0v) is 15.4. The third-order valence-electron chi connectivity index (χ3n) is 4.46. The Hall–Kier alpha value is -3.36. The van der Waals surface area contributed by atoms with E-state index in [9.17, 15) is 18.0 Å². The third-order valence-corrected chi connectivity index (χ3v) is 6.06. The number of aromatic nitrogens is 2. The Kier molecular flexibility index (Phi) is 4.29. The highest BCUT2D eigenvalue weighted by Crippen LogP contribution is 2.33. The van der Waals surface area contributed by atoms with Crippen molar-refractivity contribution in [2.24, 2.45) is 5.73 Å². The molecule has 0 unspecified atom stereocenters. The number of rotatable bonds is 4. The van der Waals surface area contributed by atoms with Crippen LogP contribution >= 0.6 is 0 Å². The number of ketones is 2. The van der Waals surface area contributed by atoms with E-state index in [4.69, 9.17) is 5.73 Å². The lowest BCUT2D eigenvalue weighted by molar-refractivity contribution is -0.111. The fraction of sp³-hybridized carbons (Fsp3) is 0.0500. The van der Waals surface area contributed by atoms with Crippen molar-refractivity contribution in [3.8, 4) is 11.3 Å². The summed E-state index contributed by atoms with van der Waals surface area (Å²) < 4.78 is 27.2. The van der Waals surface area contributed by atoms with Gasteiger partial charge in [0, 0.05) is 17.7 Å². The summed E-state index contributed by atoms with van der Waals surface area (Å²) in [6, 6.07) is 16.4. The first-order chi connectivity index (χ1) is 13.4. The van der Waals surface area contributed by atoms with Gasteiger partial charge in [0.1, 0.15) is 5.69 Å². The average Bonchev–Trinajstić information content (AvgIpc) is 3.12. The molecule has 0 aliphatic heterocycles. The van der Waals surface area contributed by atoms with E-state index in [1.165, 1.54) is 18.2 Å². The van der Waals surface area contributed by atoms with Gasteiger partial charge in [-0.25, -0.2) is 0 Å².